The molecule has 0 amide bonds. The molecular weight excluding hydrogens is 1540 g/mol. The molecule has 0 aliphatic heterocycles. The summed E-state index contributed by atoms with van der Waals surface area (Å²) in [7, 11) is 9.62. The molecule has 109 heavy (non-hydrogen) atoms. The summed E-state index contributed by atoms with van der Waals surface area (Å²) in [5.74, 6) is 0. The van der Waals surface area contributed by atoms with Crippen LogP contribution in [0.2, 0.25) is 6.82 Å². The van der Waals surface area contributed by atoms with Crippen LogP contribution < -0.4 is 0 Å². The van der Waals surface area contributed by atoms with Crippen LogP contribution in [-0.4, -0.2) is 55.0 Å². The summed E-state index contributed by atoms with van der Waals surface area (Å²) in [6.07, 6.45) is 5.36. The molecule has 0 spiro atoms. The Bertz CT molecular complexity index is 5370. The zero-order chi connectivity index (χ0) is 74.2. The van der Waals surface area contributed by atoms with Gasteiger partial charge < -0.3 is 24.1 Å². The molecule has 12 aromatic carbocycles. The van der Waals surface area contributed by atoms with E-state index >= 15 is 0 Å². The minimum atomic E-state index is 0. The maximum Gasteiger partial charge on any atom is 3.00 e. The van der Waals surface area contributed by atoms with Crippen LogP contribution in [0.1, 0.15) is 11.4 Å². The van der Waals surface area contributed by atoms with Gasteiger partial charge in [0.15, 0.2) is 0 Å². The molecular formula is C97H77B2IrN7P2. The molecule has 0 N–H and O–H groups in total. The molecule has 0 aliphatic rings. The van der Waals surface area contributed by atoms with Crippen LogP contribution in [0.3, 0.4) is 0 Å². The van der Waals surface area contributed by atoms with E-state index in [1.807, 2.05) is 153 Å². The summed E-state index contributed by atoms with van der Waals surface area (Å²) in [6.45, 7) is 7.99. The molecule has 7 aromatic heterocycles. The van der Waals surface area contributed by atoms with Gasteiger partial charge in [-0.3, -0.25) is 9.97 Å². The van der Waals surface area contributed by atoms with Crippen LogP contribution in [0.25, 0.3) is 144 Å². The quantitative estimate of drug-likeness (QED) is 0.0656. The van der Waals surface area contributed by atoms with Gasteiger partial charge in [-0.05, 0) is 143 Å². The summed E-state index contributed by atoms with van der Waals surface area (Å²) < 4.78 is 4.72. The average Bonchev–Trinajstić information content (AvgIpc) is 1.45. The summed E-state index contributed by atoms with van der Waals surface area (Å²) in [6, 6.07) is 133. The third-order valence-electron chi connectivity index (χ3n) is 17.9. The van der Waals surface area contributed by atoms with Crippen molar-refractivity contribution in [3.63, 3.8) is 0 Å². The average molecular weight is 1620 g/mol. The van der Waals surface area contributed by atoms with Crippen molar-refractivity contribution >= 4 is 98.6 Å². The van der Waals surface area contributed by atoms with E-state index < -0.39 is 0 Å². The molecule has 19 aromatic rings. The van der Waals surface area contributed by atoms with E-state index in [1.54, 1.807) is 18.6 Å². The number of aryl methyl sites for hydroxylation is 2. The smallest absolute Gasteiger partial charge is 0.309 e. The van der Waals surface area contributed by atoms with E-state index in [-0.39, 0.29) is 20.1 Å². The second kappa shape index (κ2) is 38.6. The van der Waals surface area contributed by atoms with Crippen molar-refractivity contribution in [3.05, 3.63) is 406 Å². The zero-order valence-corrected chi connectivity index (χ0v) is 65.5. The first kappa shape index (κ1) is 76.8. The number of aromatic nitrogens is 7. The van der Waals surface area contributed by atoms with Crippen molar-refractivity contribution < 1.29 is 20.1 Å². The van der Waals surface area contributed by atoms with Gasteiger partial charge in [-0.15, -0.1) is 117 Å². The minimum Gasteiger partial charge on any atom is -0.309 e. The van der Waals surface area contributed by atoms with Crippen LogP contribution in [0.15, 0.2) is 377 Å². The fourth-order valence-corrected chi connectivity index (χ4v) is 13.2. The van der Waals surface area contributed by atoms with Gasteiger partial charge in [0.2, 0.25) is 0 Å². The molecule has 7 nitrogen and oxygen atoms in total. The van der Waals surface area contributed by atoms with E-state index in [1.165, 1.54) is 88.4 Å². The van der Waals surface area contributed by atoms with Gasteiger partial charge >= 0.3 is 20.1 Å². The molecule has 19 rings (SSSR count). The van der Waals surface area contributed by atoms with Gasteiger partial charge in [0.25, 0.3) is 0 Å². The SMILES string of the molecule is C[B]P.Cc1cc(-c2ccccc2)c2ccc3c(-c4ccccc4)cc(C)nc3c2n1.[B]CP.[Ir+3].[c-]1ccccc1-c1ccccn1.[c-]1ccccc1-c1ccccn1.[c-]1ccccc1-c1ccccn1.c1ccc2c(c1)c1ccccc1n2-c1ccc(-c2ccc(-n3c4ccccc4c4ccccc43)cc2)cc1. The molecule has 12 heteroatoms. The number of fused-ring (bicyclic) bond motifs is 9. The molecule has 0 saturated carbocycles. The second-order valence-corrected chi connectivity index (χ2v) is 26.2. The Kier molecular flexibility index (Phi) is 27.2. The van der Waals surface area contributed by atoms with Crippen molar-refractivity contribution in [1.29, 1.82) is 0 Å². The summed E-state index contributed by atoms with van der Waals surface area (Å²) >= 11 is 0. The van der Waals surface area contributed by atoms with Gasteiger partial charge in [0, 0.05) is 73.7 Å². The second-order valence-electron chi connectivity index (χ2n) is 25.1. The van der Waals surface area contributed by atoms with E-state index in [2.05, 4.69) is 293 Å². The maximum atomic E-state index is 4.90. The Morgan fingerprint density at radius 1 is 0.330 bits per heavy atom. The van der Waals surface area contributed by atoms with Crippen molar-refractivity contribution in [2.75, 3.05) is 6.06 Å². The number of benzene rings is 12. The summed E-state index contributed by atoms with van der Waals surface area (Å²) in [5, 5.41) is 7.42. The molecule has 7 heterocycles. The molecule has 0 bridgehead atoms. The molecule has 525 valence electrons. The topological polar surface area (TPSA) is 74.3 Å². The fraction of sp³-hybridized carbons (Fsp3) is 0.0412. The first-order valence-corrected chi connectivity index (χ1v) is 37.3. The predicted octanol–water partition coefficient (Wildman–Crippen LogP) is 24.4. The van der Waals surface area contributed by atoms with Gasteiger partial charge in [0.1, 0.15) is 7.00 Å². The van der Waals surface area contributed by atoms with E-state index in [4.69, 9.17) is 17.8 Å². The van der Waals surface area contributed by atoms with Crippen molar-refractivity contribution in [2.45, 2.75) is 20.7 Å². The van der Waals surface area contributed by atoms with Gasteiger partial charge in [-0.25, -0.2) is 0 Å². The van der Waals surface area contributed by atoms with Crippen molar-refractivity contribution in [3.8, 4) is 78.5 Å². The van der Waals surface area contributed by atoms with E-state index in [0.717, 1.165) is 67.0 Å². The number of para-hydroxylation sites is 4. The molecule has 0 aliphatic carbocycles. The van der Waals surface area contributed by atoms with E-state index in [0.29, 0.717) is 6.06 Å². The largest absolute Gasteiger partial charge is 3.00 e. The third kappa shape index (κ3) is 18.8. The Hall–Kier alpha value is -11.9. The number of rotatable bonds is 8. The molecule has 2 unspecified atom stereocenters. The monoisotopic (exact) mass is 1620 g/mol. The molecule has 0 fully saturated rings. The summed E-state index contributed by atoms with van der Waals surface area (Å²) in [5.41, 5.74) is 24.5. The molecule has 0 saturated heterocycles. The number of nitrogens with zero attached hydrogens (tertiary/aromatic N) is 7. The van der Waals surface area contributed by atoms with Gasteiger partial charge in [-0.2, -0.15) is 9.12 Å². The third-order valence-corrected chi connectivity index (χ3v) is 17.9. The standard InChI is InChI=1S/C36H24N2.C26H20N2.3C11H8N.CH5BP.CH4BP.Ir/c1-5-13-33-29(9-1)30-10-2-6-14-34(30)37(33)27-21-17-25(18-22-27)26-19-23-28(24-20-26)38-35-15-7-3-11-31(35)32-12-4-8-16-36(32)38;1-17-15-23(19-9-5-3-6-10-19)21-13-14-22-24(20-11-7-4-8-12-20)16-18(2)28-26(22)25(21)27-17;3*1-2-6-10(7-3-1)11-8-4-5-9-12-11;1-2-3;2-1-3;/h1-24H;3-16H,1-2H3;3*1-6,8-9H;3H2,1H3;1,3H2;/q;;3*-1;;;+3. The predicted molar refractivity (Wildman–Crippen MR) is 465 cm³/mol. The Morgan fingerprint density at radius 3 is 0.881 bits per heavy atom. The first-order valence-electron chi connectivity index (χ1n) is 35.8. The van der Waals surface area contributed by atoms with Crippen LogP contribution in [-0.2, 0) is 20.1 Å². The Morgan fingerprint density at radius 2 is 0.606 bits per heavy atom. The van der Waals surface area contributed by atoms with Crippen LogP contribution in [0.4, 0.5) is 0 Å². The first-order chi connectivity index (χ1) is 53.3. The van der Waals surface area contributed by atoms with Gasteiger partial charge in [-0.1, -0.05) is 219 Å². The summed E-state index contributed by atoms with van der Waals surface area (Å²) in [4.78, 5) is 22.5. The molecule has 3 radical (unpaired) electrons. The normalized spacial score (nSPS) is 10.4. The number of hydrogen-bond acceptors (Lipinski definition) is 5. The van der Waals surface area contributed by atoms with Crippen LogP contribution >= 0.6 is 18.4 Å². The van der Waals surface area contributed by atoms with Crippen molar-refractivity contribution in [1.82, 2.24) is 34.1 Å². The van der Waals surface area contributed by atoms with Crippen molar-refractivity contribution in [2.24, 2.45) is 0 Å². The van der Waals surface area contributed by atoms with E-state index in [9.17, 15) is 0 Å². The van der Waals surface area contributed by atoms with Gasteiger partial charge in [0.05, 0.1) is 40.9 Å². The minimum absolute atomic E-state index is 0. The fourth-order valence-electron chi connectivity index (χ4n) is 13.2. The maximum absolute atomic E-state index is 4.90. The number of hydrogen-bond donors (Lipinski definition) is 0. The Balaban J connectivity index is 0.000000136. The Labute approximate surface area is 659 Å². The molecule has 2 atom stereocenters. The van der Waals surface area contributed by atoms with Crippen LogP contribution in [0, 0.1) is 32.0 Å². The van der Waals surface area contributed by atoms with Crippen LogP contribution in [0.5, 0.6) is 0 Å². The zero-order valence-electron chi connectivity index (χ0n) is 60.8. The number of pyridine rings is 5.